The highest BCUT2D eigenvalue weighted by Crippen LogP contribution is 2.45. The monoisotopic (exact) mass is 323 g/mol. The smallest absolute Gasteiger partial charge is 0.311 e. The molecule has 1 aromatic rings. The number of aromatic nitrogens is 1. The van der Waals surface area contributed by atoms with Crippen molar-refractivity contribution in [2.45, 2.75) is 32.1 Å². The van der Waals surface area contributed by atoms with Gasteiger partial charge in [0.05, 0.1) is 5.41 Å². The molecule has 2 aliphatic rings. The lowest BCUT2D eigenvalue weighted by atomic mass is 9.75. The van der Waals surface area contributed by atoms with Gasteiger partial charge in [0.2, 0.25) is 0 Å². The average molecular weight is 323 g/mol. The summed E-state index contributed by atoms with van der Waals surface area (Å²) in [5.41, 5.74) is -0.362. The molecule has 0 aromatic carbocycles. The number of anilines is 1. The summed E-state index contributed by atoms with van der Waals surface area (Å²) < 4.78 is 0. The van der Waals surface area contributed by atoms with Crippen molar-refractivity contribution in [1.29, 1.82) is 0 Å². The number of nitrogens with one attached hydrogen (secondary N) is 1. The summed E-state index contributed by atoms with van der Waals surface area (Å²) in [6.45, 7) is 0.926. The van der Waals surface area contributed by atoms with E-state index in [9.17, 15) is 14.7 Å². The quantitative estimate of drug-likeness (QED) is 0.869. The molecule has 1 aromatic heterocycles. The van der Waals surface area contributed by atoms with Crippen molar-refractivity contribution in [2.75, 3.05) is 25.5 Å². The lowest BCUT2D eigenvalue weighted by Gasteiger charge is -2.40. The molecule has 2 heterocycles. The van der Waals surface area contributed by atoms with Crippen LogP contribution in [0.15, 0.2) is 5.38 Å². The highest BCUT2D eigenvalue weighted by molar-refractivity contribution is 7.13. The van der Waals surface area contributed by atoms with Crippen LogP contribution in [0.1, 0.15) is 42.6 Å². The van der Waals surface area contributed by atoms with Gasteiger partial charge in [-0.25, -0.2) is 4.98 Å². The van der Waals surface area contributed by atoms with Gasteiger partial charge in [-0.15, -0.1) is 11.3 Å². The van der Waals surface area contributed by atoms with Gasteiger partial charge in [-0.2, -0.15) is 0 Å². The highest BCUT2D eigenvalue weighted by Gasteiger charge is 2.47. The van der Waals surface area contributed by atoms with E-state index in [0.717, 1.165) is 19.3 Å². The fourth-order valence-corrected chi connectivity index (χ4v) is 3.90. The molecular formula is C15H21N3O3S. The van der Waals surface area contributed by atoms with E-state index in [1.165, 1.54) is 11.3 Å². The van der Waals surface area contributed by atoms with Crippen LogP contribution in [0.25, 0.3) is 0 Å². The van der Waals surface area contributed by atoms with Gasteiger partial charge in [-0.05, 0) is 25.2 Å². The molecule has 1 aliphatic carbocycles. The van der Waals surface area contributed by atoms with Crippen LogP contribution in [-0.2, 0) is 4.79 Å². The summed E-state index contributed by atoms with van der Waals surface area (Å²) in [6.07, 6.45) is 4.36. The van der Waals surface area contributed by atoms with Crippen molar-refractivity contribution in [3.05, 3.63) is 11.1 Å². The second kappa shape index (κ2) is 5.87. The number of rotatable bonds is 5. The SMILES string of the molecule is CNc1nc(C(=O)N2CCC[C@](CC3CC3)(C(=O)O)C2)cs1. The van der Waals surface area contributed by atoms with E-state index >= 15 is 0 Å². The van der Waals surface area contributed by atoms with Gasteiger partial charge in [0.1, 0.15) is 5.69 Å². The topological polar surface area (TPSA) is 82.5 Å². The van der Waals surface area contributed by atoms with Crippen LogP contribution in [0.3, 0.4) is 0 Å². The van der Waals surface area contributed by atoms with E-state index in [1.54, 1.807) is 17.3 Å². The van der Waals surface area contributed by atoms with Crippen LogP contribution in [0, 0.1) is 11.3 Å². The number of hydrogen-bond acceptors (Lipinski definition) is 5. The summed E-state index contributed by atoms with van der Waals surface area (Å²) in [6, 6.07) is 0. The van der Waals surface area contributed by atoms with Gasteiger partial charge in [-0.3, -0.25) is 9.59 Å². The Morgan fingerprint density at radius 1 is 1.55 bits per heavy atom. The Balaban J connectivity index is 1.75. The van der Waals surface area contributed by atoms with Gasteiger partial charge in [0.15, 0.2) is 5.13 Å². The molecule has 120 valence electrons. The van der Waals surface area contributed by atoms with E-state index < -0.39 is 11.4 Å². The predicted octanol–water partition coefficient (Wildman–Crippen LogP) is 2.29. The predicted molar refractivity (Wildman–Crippen MR) is 84.2 cm³/mol. The number of hydrogen-bond donors (Lipinski definition) is 2. The Bertz CT molecular complexity index is 584. The van der Waals surface area contributed by atoms with Crippen molar-refractivity contribution in [1.82, 2.24) is 9.88 Å². The zero-order valence-corrected chi connectivity index (χ0v) is 13.5. The fraction of sp³-hybridized carbons (Fsp3) is 0.667. The van der Waals surface area contributed by atoms with Gasteiger partial charge >= 0.3 is 5.97 Å². The minimum atomic E-state index is -0.767. The Morgan fingerprint density at radius 2 is 2.32 bits per heavy atom. The van der Waals surface area contributed by atoms with Crippen molar-refractivity contribution in [3.63, 3.8) is 0 Å². The second-order valence-electron chi connectivity index (χ2n) is 6.35. The number of carbonyl (C=O) groups excluding carboxylic acids is 1. The molecule has 3 rings (SSSR count). The summed E-state index contributed by atoms with van der Waals surface area (Å²) in [5.74, 6) is -0.383. The van der Waals surface area contributed by atoms with Crippen molar-refractivity contribution >= 4 is 28.3 Å². The number of nitrogens with zero attached hydrogens (tertiary/aromatic N) is 2. The Hall–Kier alpha value is -1.63. The maximum atomic E-state index is 12.6. The zero-order chi connectivity index (χ0) is 15.7. The maximum absolute atomic E-state index is 12.6. The maximum Gasteiger partial charge on any atom is 0.311 e. The van der Waals surface area contributed by atoms with Crippen LogP contribution in [0.5, 0.6) is 0 Å². The van der Waals surface area contributed by atoms with Crippen molar-refractivity contribution < 1.29 is 14.7 Å². The first kappa shape index (κ1) is 15.3. The Labute approximate surface area is 133 Å². The number of piperidine rings is 1. The third-order valence-electron chi connectivity index (χ3n) is 4.63. The summed E-state index contributed by atoms with van der Waals surface area (Å²) in [4.78, 5) is 30.3. The minimum Gasteiger partial charge on any atom is -0.481 e. The van der Waals surface area contributed by atoms with Crippen LogP contribution in [0.2, 0.25) is 0 Å². The molecule has 2 fully saturated rings. The number of amides is 1. The molecule has 1 saturated carbocycles. The molecule has 6 nitrogen and oxygen atoms in total. The van der Waals surface area contributed by atoms with Gasteiger partial charge in [0, 0.05) is 25.5 Å². The van der Waals surface area contributed by atoms with Crippen LogP contribution < -0.4 is 5.32 Å². The van der Waals surface area contributed by atoms with E-state index in [2.05, 4.69) is 10.3 Å². The number of thiazole rings is 1. The molecule has 22 heavy (non-hydrogen) atoms. The molecule has 1 atom stereocenters. The van der Waals surface area contributed by atoms with Crippen LogP contribution >= 0.6 is 11.3 Å². The summed E-state index contributed by atoms with van der Waals surface area (Å²) >= 11 is 1.38. The van der Waals surface area contributed by atoms with Gasteiger partial charge in [-0.1, -0.05) is 12.8 Å². The third kappa shape index (κ3) is 2.95. The first-order chi connectivity index (χ1) is 10.5. The summed E-state index contributed by atoms with van der Waals surface area (Å²) in [7, 11) is 1.76. The minimum absolute atomic E-state index is 0.154. The summed E-state index contributed by atoms with van der Waals surface area (Å²) in [5, 5.41) is 15.1. The van der Waals surface area contributed by atoms with Crippen molar-refractivity contribution in [2.24, 2.45) is 11.3 Å². The lowest BCUT2D eigenvalue weighted by molar-refractivity contribution is -0.152. The Morgan fingerprint density at radius 3 is 2.91 bits per heavy atom. The zero-order valence-electron chi connectivity index (χ0n) is 12.7. The Kier molecular flexibility index (Phi) is 4.08. The van der Waals surface area contributed by atoms with E-state index in [1.807, 2.05) is 0 Å². The molecule has 1 saturated heterocycles. The molecule has 2 N–H and O–H groups in total. The first-order valence-electron chi connectivity index (χ1n) is 7.70. The van der Waals surface area contributed by atoms with Crippen LogP contribution in [0.4, 0.5) is 5.13 Å². The normalized spacial score (nSPS) is 25.0. The molecule has 0 bridgehead atoms. The number of carbonyl (C=O) groups is 2. The molecule has 7 heteroatoms. The molecular weight excluding hydrogens is 302 g/mol. The second-order valence-corrected chi connectivity index (χ2v) is 7.21. The van der Waals surface area contributed by atoms with E-state index in [-0.39, 0.29) is 5.91 Å². The molecule has 1 aliphatic heterocycles. The van der Waals surface area contributed by atoms with Crippen LogP contribution in [-0.4, -0.2) is 47.0 Å². The third-order valence-corrected chi connectivity index (χ3v) is 5.49. The standard InChI is InChI=1S/C15H21N3O3S/c1-16-14-17-11(8-22-14)12(19)18-6-2-5-15(9-18,13(20)21)7-10-3-4-10/h8,10H,2-7,9H2,1H3,(H,16,17)(H,20,21)/t15-/m1/s1. The molecule has 1 amide bonds. The van der Waals surface area contributed by atoms with Gasteiger partial charge in [0.25, 0.3) is 5.91 Å². The number of aliphatic carboxylic acids is 1. The van der Waals surface area contributed by atoms with Crippen molar-refractivity contribution in [3.8, 4) is 0 Å². The lowest BCUT2D eigenvalue weighted by Crippen LogP contribution is -2.50. The number of likely N-dealkylation sites (tertiary alicyclic amines) is 1. The fourth-order valence-electron chi connectivity index (χ4n) is 3.26. The first-order valence-corrected chi connectivity index (χ1v) is 8.58. The number of carboxylic acid groups (broad SMARTS) is 1. The molecule has 0 radical (unpaired) electrons. The van der Waals surface area contributed by atoms with E-state index in [0.29, 0.717) is 42.7 Å². The largest absolute Gasteiger partial charge is 0.481 e. The molecule has 0 unspecified atom stereocenters. The van der Waals surface area contributed by atoms with E-state index in [4.69, 9.17) is 0 Å². The average Bonchev–Trinajstić information content (AvgIpc) is 3.19. The number of carboxylic acids is 1. The molecule has 0 spiro atoms. The highest BCUT2D eigenvalue weighted by atomic mass is 32.1. The van der Waals surface area contributed by atoms with Gasteiger partial charge < -0.3 is 15.3 Å².